The second-order valence-electron chi connectivity index (χ2n) is 4.86. The van der Waals surface area contributed by atoms with Crippen LogP contribution < -0.4 is 5.32 Å². The van der Waals surface area contributed by atoms with Crippen LogP contribution in [0.1, 0.15) is 30.3 Å². The first kappa shape index (κ1) is 13.2. The zero-order chi connectivity index (χ0) is 14.1. The zero-order valence-electron chi connectivity index (χ0n) is 11.2. The van der Waals surface area contributed by atoms with Gasteiger partial charge in [-0.15, -0.1) is 11.3 Å². The molecular weight excluding hydrogens is 276 g/mol. The second-order valence-corrected chi connectivity index (χ2v) is 5.75. The molecule has 1 fully saturated rings. The summed E-state index contributed by atoms with van der Waals surface area (Å²) in [6.45, 7) is 2.26. The predicted molar refractivity (Wildman–Crippen MR) is 76.9 cm³/mol. The topological polar surface area (TPSA) is 60.3 Å². The van der Waals surface area contributed by atoms with Crippen LogP contribution in [-0.2, 0) is 16.1 Å². The van der Waals surface area contributed by atoms with Crippen LogP contribution in [0.2, 0.25) is 0 Å². The number of thiophene rings is 1. The summed E-state index contributed by atoms with van der Waals surface area (Å²) in [6, 6.07) is 4.05. The molecule has 0 bridgehead atoms. The van der Waals surface area contributed by atoms with Crippen LogP contribution >= 0.6 is 11.3 Å². The van der Waals surface area contributed by atoms with Gasteiger partial charge in [0.1, 0.15) is 17.1 Å². The summed E-state index contributed by atoms with van der Waals surface area (Å²) in [5.74, 6) is -0.431. The molecule has 2 heterocycles. The van der Waals surface area contributed by atoms with Gasteiger partial charge in [0.05, 0.1) is 6.61 Å². The fourth-order valence-corrected chi connectivity index (χ4v) is 3.05. The quantitative estimate of drug-likeness (QED) is 0.859. The van der Waals surface area contributed by atoms with Crippen molar-refractivity contribution in [1.29, 1.82) is 0 Å². The predicted octanol–water partition coefficient (Wildman–Crippen LogP) is 2.16. The molecule has 1 amide bonds. The first-order chi connectivity index (χ1) is 9.69. The summed E-state index contributed by atoms with van der Waals surface area (Å²) in [6.07, 6.45) is 2.10. The Labute approximate surface area is 120 Å². The van der Waals surface area contributed by atoms with E-state index < -0.39 is 0 Å². The minimum Gasteiger partial charge on any atom is -0.461 e. The van der Waals surface area contributed by atoms with Crippen molar-refractivity contribution in [3.63, 3.8) is 0 Å². The van der Waals surface area contributed by atoms with Gasteiger partial charge in [-0.2, -0.15) is 0 Å². The summed E-state index contributed by atoms with van der Waals surface area (Å²) >= 11 is 1.52. The maximum atomic E-state index is 12.0. The lowest BCUT2D eigenvalue weighted by Gasteiger charge is -2.09. The van der Waals surface area contributed by atoms with E-state index in [2.05, 4.69) is 5.32 Å². The number of nitrogens with one attached hydrogen (secondary N) is 1. The number of aromatic nitrogens is 1. The molecule has 106 valence electrons. The van der Waals surface area contributed by atoms with E-state index >= 15 is 0 Å². The first-order valence-electron chi connectivity index (χ1n) is 6.72. The van der Waals surface area contributed by atoms with Crippen LogP contribution in [0, 0.1) is 0 Å². The number of fused-ring (bicyclic) bond motifs is 1. The molecule has 0 unspecified atom stereocenters. The highest BCUT2D eigenvalue weighted by atomic mass is 32.1. The zero-order valence-corrected chi connectivity index (χ0v) is 12.0. The molecule has 0 saturated heterocycles. The number of carbonyl (C=O) groups excluding carboxylic acids is 2. The van der Waals surface area contributed by atoms with Crippen molar-refractivity contribution < 1.29 is 14.3 Å². The Bertz CT molecular complexity index is 654. The fourth-order valence-electron chi connectivity index (χ4n) is 2.15. The van der Waals surface area contributed by atoms with Gasteiger partial charge in [0.25, 0.3) is 0 Å². The molecule has 2 aromatic heterocycles. The average molecular weight is 292 g/mol. The number of nitrogens with zero attached hydrogens (tertiary/aromatic N) is 1. The van der Waals surface area contributed by atoms with E-state index in [0.29, 0.717) is 18.3 Å². The normalized spacial score (nSPS) is 14.4. The molecule has 5 nitrogen and oxygen atoms in total. The summed E-state index contributed by atoms with van der Waals surface area (Å²) in [5.41, 5.74) is 0.444. The van der Waals surface area contributed by atoms with Crippen LogP contribution in [0.25, 0.3) is 10.2 Å². The molecule has 0 aliphatic heterocycles. The number of amides is 1. The first-order valence-corrected chi connectivity index (χ1v) is 7.60. The maximum absolute atomic E-state index is 12.0. The average Bonchev–Trinajstić information content (AvgIpc) is 2.99. The molecular formula is C14H16N2O3S. The molecule has 1 saturated carbocycles. The van der Waals surface area contributed by atoms with Crippen molar-refractivity contribution in [2.24, 2.45) is 0 Å². The summed E-state index contributed by atoms with van der Waals surface area (Å²) in [7, 11) is 0. The van der Waals surface area contributed by atoms with Gasteiger partial charge < -0.3 is 14.6 Å². The Morgan fingerprint density at radius 3 is 3.00 bits per heavy atom. The SMILES string of the molecule is CCOC(=O)c1cc2ccsc2n1CC(=O)NC1CC1. The third-order valence-corrected chi connectivity index (χ3v) is 4.18. The number of rotatable bonds is 5. The van der Waals surface area contributed by atoms with E-state index in [0.717, 1.165) is 23.1 Å². The van der Waals surface area contributed by atoms with E-state index in [4.69, 9.17) is 4.74 Å². The second kappa shape index (κ2) is 5.28. The van der Waals surface area contributed by atoms with Crippen LogP contribution in [0.4, 0.5) is 0 Å². The minimum absolute atomic E-state index is 0.0519. The van der Waals surface area contributed by atoms with Crippen molar-refractivity contribution in [1.82, 2.24) is 9.88 Å². The Kier molecular flexibility index (Phi) is 3.48. The molecule has 2 aromatic rings. The van der Waals surface area contributed by atoms with E-state index in [9.17, 15) is 9.59 Å². The molecule has 6 heteroatoms. The van der Waals surface area contributed by atoms with Crippen molar-refractivity contribution in [3.8, 4) is 0 Å². The Morgan fingerprint density at radius 1 is 1.50 bits per heavy atom. The summed E-state index contributed by atoms with van der Waals surface area (Å²) in [5, 5.41) is 5.86. The van der Waals surface area contributed by atoms with Crippen LogP contribution in [0.15, 0.2) is 17.5 Å². The van der Waals surface area contributed by atoms with Gasteiger partial charge in [0, 0.05) is 11.4 Å². The largest absolute Gasteiger partial charge is 0.461 e. The number of hydrogen-bond acceptors (Lipinski definition) is 4. The minimum atomic E-state index is -0.380. The van der Waals surface area contributed by atoms with Gasteiger partial charge >= 0.3 is 5.97 Å². The highest BCUT2D eigenvalue weighted by Crippen LogP contribution is 2.26. The molecule has 3 rings (SSSR count). The van der Waals surface area contributed by atoms with Crippen molar-refractivity contribution in [3.05, 3.63) is 23.2 Å². The lowest BCUT2D eigenvalue weighted by atomic mass is 10.3. The van der Waals surface area contributed by atoms with E-state index in [-0.39, 0.29) is 18.4 Å². The van der Waals surface area contributed by atoms with E-state index in [1.165, 1.54) is 11.3 Å². The summed E-state index contributed by atoms with van der Waals surface area (Å²) < 4.78 is 6.80. The number of ether oxygens (including phenoxy) is 1. The Hall–Kier alpha value is -1.82. The molecule has 0 aromatic carbocycles. The molecule has 0 spiro atoms. The molecule has 1 aliphatic rings. The van der Waals surface area contributed by atoms with Crippen LogP contribution in [0.5, 0.6) is 0 Å². The molecule has 1 N–H and O–H groups in total. The molecule has 0 radical (unpaired) electrons. The van der Waals surface area contributed by atoms with Gasteiger partial charge in [-0.1, -0.05) is 0 Å². The highest BCUT2D eigenvalue weighted by molar-refractivity contribution is 7.16. The molecule has 1 aliphatic carbocycles. The van der Waals surface area contributed by atoms with Crippen molar-refractivity contribution >= 4 is 33.4 Å². The number of hydrogen-bond donors (Lipinski definition) is 1. The fraction of sp³-hybridized carbons (Fsp3) is 0.429. The van der Waals surface area contributed by atoms with Gasteiger partial charge in [-0.05, 0) is 37.3 Å². The van der Waals surface area contributed by atoms with Gasteiger partial charge in [-0.25, -0.2) is 4.79 Å². The summed E-state index contributed by atoms with van der Waals surface area (Å²) in [4.78, 5) is 24.9. The third kappa shape index (κ3) is 2.56. The van der Waals surface area contributed by atoms with Crippen LogP contribution in [0.3, 0.4) is 0 Å². The monoisotopic (exact) mass is 292 g/mol. The van der Waals surface area contributed by atoms with Crippen molar-refractivity contribution in [2.45, 2.75) is 32.4 Å². The number of esters is 1. The standard InChI is InChI=1S/C14H16N2O3S/c1-2-19-14(18)11-7-9-5-6-20-13(9)16(11)8-12(17)15-10-3-4-10/h5-7,10H,2-4,8H2,1H3,(H,15,17). The third-order valence-electron chi connectivity index (χ3n) is 3.23. The lowest BCUT2D eigenvalue weighted by Crippen LogP contribution is -2.30. The number of carbonyl (C=O) groups is 2. The van der Waals surface area contributed by atoms with E-state index in [1.807, 2.05) is 11.4 Å². The molecule has 0 atom stereocenters. The van der Waals surface area contributed by atoms with Crippen LogP contribution in [-0.4, -0.2) is 29.1 Å². The van der Waals surface area contributed by atoms with Gasteiger partial charge in [0.15, 0.2) is 0 Å². The Morgan fingerprint density at radius 2 is 2.30 bits per heavy atom. The molecule has 20 heavy (non-hydrogen) atoms. The van der Waals surface area contributed by atoms with Gasteiger partial charge in [-0.3, -0.25) is 4.79 Å². The van der Waals surface area contributed by atoms with Gasteiger partial charge in [0.2, 0.25) is 5.91 Å². The Balaban J connectivity index is 1.88. The van der Waals surface area contributed by atoms with Crippen molar-refractivity contribution in [2.75, 3.05) is 6.61 Å². The highest BCUT2D eigenvalue weighted by Gasteiger charge is 2.25. The maximum Gasteiger partial charge on any atom is 0.355 e. The lowest BCUT2D eigenvalue weighted by molar-refractivity contribution is -0.121. The smallest absolute Gasteiger partial charge is 0.355 e. The van der Waals surface area contributed by atoms with E-state index in [1.54, 1.807) is 17.6 Å².